The van der Waals surface area contributed by atoms with E-state index in [1.54, 1.807) is 14.2 Å². The van der Waals surface area contributed by atoms with E-state index in [4.69, 9.17) is 9.47 Å². The predicted molar refractivity (Wildman–Crippen MR) is 79.7 cm³/mol. The molecule has 0 unspecified atom stereocenters. The molecule has 2 nitrogen and oxygen atoms in total. The van der Waals surface area contributed by atoms with E-state index in [2.05, 4.69) is 24.3 Å². The topological polar surface area (TPSA) is 18.5 Å². The van der Waals surface area contributed by atoms with Gasteiger partial charge >= 0.3 is 0 Å². The maximum Gasteiger partial charge on any atom is 0.164 e. The van der Waals surface area contributed by atoms with Gasteiger partial charge in [-0.3, -0.25) is 0 Å². The lowest BCUT2D eigenvalue weighted by Gasteiger charge is -2.12. The number of rotatable bonds is 4. The first-order valence-corrected chi connectivity index (χ1v) is 6.21. The van der Waals surface area contributed by atoms with E-state index in [1.807, 2.05) is 37.3 Å². The molecule has 2 aromatic rings. The Balaban J connectivity index is 2.34. The molecule has 0 fully saturated rings. The highest BCUT2D eigenvalue weighted by Gasteiger charge is 2.09. The van der Waals surface area contributed by atoms with Crippen LogP contribution in [-0.4, -0.2) is 14.2 Å². The molecule has 0 atom stereocenters. The molecule has 0 aliphatic carbocycles. The number of benzene rings is 2. The van der Waals surface area contributed by atoms with Crippen molar-refractivity contribution >= 4 is 12.2 Å². The van der Waals surface area contributed by atoms with Crippen molar-refractivity contribution in [1.82, 2.24) is 0 Å². The van der Waals surface area contributed by atoms with E-state index in [1.165, 1.54) is 5.56 Å². The van der Waals surface area contributed by atoms with Gasteiger partial charge in [0.1, 0.15) is 0 Å². The van der Waals surface area contributed by atoms with Crippen molar-refractivity contribution in [2.75, 3.05) is 14.2 Å². The summed E-state index contributed by atoms with van der Waals surface area (Å²) in [5.74, 6) is 1.55. The average Bonchev–Trinajstić information content (AvgIpc) is 2.46. The smallest absolute Gasteiger partial charge is 0.164 e. The Hall–Kier alpha value is -2.22. The first kappa shape index (κ1) is 13.2. The minimum absolute atomic E-state index is 0.761. The summed E-state index contributed by atoms with van der Waals surface area (Å²) in [6.45, 7) is 2.03. The van der Waals surface area contributed by atoms with Crippen LogP contribution in [0.25, 0.3) is 12.2 Å². The zero-order valence-electron chi connectivity index (χ0n) is 11.5. The van der Waals surface area contributed by atoms with Gasteiger partial charge in [-0.25, -0.2) is 0 Å². The summed E-state index contributed by atoms with van der Waals surface area (Å²) >= 11 is 0. The fourth-order valence-corrected chi connectivity index (χ4v) is 2.03. The molecule has 0 saturated carbocycles. The summed E-state index contributed by atoms with van der Waals surface area (Å²) in [5, 5.41) is 0. The van der Waals surface area contributed by atoms with Crippen molar-refractivity contribution in [3.8, 4) is 11.5 Å². The molecule has 2 aromatic carbocycles. The maximum absolute atomic E-state index is 5.40. The lowest BCUT2D eigenvalue weighted by Crippen LogP contribution is -1.94. The fraction of sp³-hybridized carbons (Fsp3) is 0.176. The van der Waals surface area contributed by atoms with Gasteiger partial charge in [-0.1, -0.05) is 48.6 Å². The third-order valence-electron chi connectivity index (χ3n) is 3.09. The standard InChI is InChI=1S/C17H18O2/c1-13-15(10-9-14-7-5-4-6-8-14)11-12-16(18-2)17(13)19-3/h4-12H,1-3H3/b10-9-. The fourth-order valence-electron chi connectivity index (χ4n) is 2.03. The molecule has 0 aromatic heterocycles. The molecular formula is C17H18O2. The van der Waals surface area contributed by atoms with Gasteiger partial charge in [0.05, 0.1) is 14.2 Å². The van der Waals surface area contributed by atoms with Gasteiger partial charge < -0.3 is 9.47 Å². The molecule has 0 spiro atoms. The number of hydrogen-bond acceptors (Lipinski definition) is 2. The summed E-state index contributed by atoms with van der Waals surface area (Å²) < 4.78 is 10.7. The van der Waals surface area contributed by atoms with E-state index in [-0.39, 0.29) is 0 Å². The largest absolute Gasteiger partial charge is 0.493 e. The second-order valence-electron chi connectivity index (χ2n) is 4.26. The minimum atomic E-state index is 0.761. The molecule has 0 heterocycles. The van der Waals surface area contributed by atoms with Crippen molar-refractivity contribution in [1.29, 1.82) is 0 Å². The highest BCUT2D eigenvalue weighted by Crippen LogP contribution is 2.33. The Morgan fingerprint density at radius 1 is 0.842 bits per heavy atom. The van der Waals surface area contributed by atoms with Gasteiger partial charge in [-0.15, -0.1) is 0 Å². The van der Waals surface area contributed by atoms with Crippen LogP contribution in [0.4, 0.5) is 0 Å². The molecule has 0 saturated heterocycles. The molecule has 0 amide bonds. The Bertz CT molecular complexity index is 571. The summed E-state index contributed by atoms with van der Waals surface area (Å²) in [5.41, 5.74) is 3.38. The number of hydrogen-bond donors (Lipinski definition) is 0. The first-order valence-electron chi connectivity index (χ1n) is 6.21. The first-order chi connectivity index (χ1) is 9.26. The van der Waals surface area contributed by atoms with E-state index in [0.717, 1.165) is 22.6 Å². The van der Waals surface area contributed by atoms with Crippen molar-refractivity contribution < 1.29 is 9.47 Å². The van der Waals surface area contributed by atoms with Gasteiger partial charge in [0, 0.05) is 5.56 Å². The van der Waals surface area contributed by atoms with E-state index >= 15 is 0 Å². The van der Waals surface area contributed by atoms with Crippen LogP contribution in [0.2, 0.25) is 0 Å². The van der Waals surface area contributed by atoms with E-state index < -0.39 is 0 Å². The zero-order valence-corrected chi connectivity index (χ0v) is 11.5. The third-order valence-corrected chi connectivity index (χ3v) is 3.09. The van der Waals surface area contributed by atoms with Crippen LogP contribution < -0.4 is 9.47 Å². The lowest BCUT2D eigenvalue weighted by atomic mass is 10.1. The van der Waals surface area contributed by atoms with Gasteiger partial charge in [-0.2, -0.15) is 0 Å². The molecule has 98 valence electrons. The van der Waals surface area contributed by atoms with Gasteiger partial charge in [-0.05, 0) is 24.1 Å². The highest BCUT2D eigenvalue weighted by atomic mass is 16.5. The van der Waals surface area contributed by atoms with Gasteiger partial charge in [0.15, 0.2) is 11.5 Å². The van der Waals surface area contributed by atoms with Crippen LogP contribution in [0.15, 0.2) is 42.5 Å². The van der Waals surface area contributed by atoms with Crippen LogP contribution in [0.1, 0.15) is 16.7 Å². The van der Waals surface area contributed by atoms with Gasteiger partial charge in [0.2, 0.25) is 0 Å². The van der Waals surface area contributed by atoms with E-state index in [0.29, 0.717) is 0 Å². The molecule has 2 rings (SSSR count). The Kier molecular flexibility index (Phi) is 4.24. The molecule has 2 heteroatoms. The normalized spacial score (nSPS) is 10.7. The Morgan fingerprint density at radius 3 is 2.21 bits per heavy atom. The van der Waals surface area contributed by atoms with Crippen molar-refractivity contribution in [2.24, 2.45) is 0 Å². The summed E-state index contributed by atoms with van der Waals surface area (Å²) in [6, 6.07) is 14.2. The highest BCUT2D eigenvalue weighted by molar-refractivity contribution is 5.73. The quantitative estimate of drug-likeness (QED) is 0.762. The van der Waals surface area contributed by atoms with E-state index in [9.17, 15) is 0 Å². The van der Waals surface area contributed by atoms with Crippen LogP contribution in [0.5, 0.6) is 11.5 Å². The predicted octanol–water partition coefficient (Wildman–Crippen LogP) is 4.18. The van der Waals surface area contributed by atoms with Crippen LogP contribution in [0, 0.1) is 6.92 Å². The SMILES string of the molecule is COc1ccc(/C=C\c2ccccc2)c(C)c1OC. The minimum Gasteiger partial charge on any atom is -0.493 e. The number of ether oxygens (including phenoxy) is 2. The monoisotopic (exact) mass is 254 g/mol. The van der Waals surface area contributed by atoms with Gasteiger partial charge in [0.25, 0.3) is 0 Å². The van der Waals surface area contributed by atoms with Crippen LogP contribution >= 0.6 is 0 Å². The Labute approximate surface area is 114 Å². The molecule has 0 N–H and O–H groups in total. The molecule has 0 radical (unpaired) electrons. The molecular weight excluding hydrogens is 236 g/mol. The maximum atomic E-state index is 5.40. The zero-order chi connectivity index (χ0) is 13.7. The van der Waals surface area contributed by atoms with Crippen molar-refractivity contribution in [3.05, 3.63) is 59.2 Å². The molecule has 0 aliphatic heterocycles. The lowest BCUT2D eigenvalue weighted by molar-refractivity contribution is 0.353. The second-order valence-corrected chi connectivity index (χ2v) is 4.26. The second kappa shape index (κ2) is 6.10. The average molecular weight is 254 g/mol. The summed E-state index contributed by atoms with van der Waals surface area (Å²) in [7, 11) is 3.31. The Morgan fingerprint density at radius 2 is 1.58 bits per heavy atom. The number of methoxy groups -OCH3 is 2. The van der Waals surface area contributed by atoms with Crippen LogP contribution in [-0.2, 0) is 0 Å². The molecule has 19 heavy (non-hydrogen) atoms. The summed E-state index contributed by atoms with van der Waals surface area (Å²) in [4.78, 5) is 0. The van der Waals surface area contributed by atoms with Crippen molar-refractivity contribution in [2.45, 2.75) is 6.92 Å². The van der Waals surface area contributed by atoms with Crippen LogP contribution in [0.3, 0.4) is 0 Å². The molecule has 0 bridgehead atoms. The third kappa shape index (κ3) is 2.97. The molecule has 0 aliphatic rings. The van der Waals surface area contributed by atoms with Crippen molar-refractivity contribution in [3.63, 3.8) is 0 Å². The summed E-state index contributed by atoms with van der Waals surface area (Å²) in [6.07, 6.45) is 4.18.